The molecule has 5 nitrogen and oxygen atoms in total. The van der Waals surface area contributed by atoms with Crippen LogP contribution in [0.2, 0.25) is 0 Å². The smallest absolute Gasteiger partial charge is 0.0931 e. The number of aliphatic hydroxyl groups is 2. The van der Waals surface area contributed by atoms with E-state index in [1.807, 2.05) is 18.2 Å². The van der Waals surface area contributed by atoms with Gasteiger partial charge in [-0.1, -0.05) is 30.3 Å². The van der Waals surface area contributed by atoms with Crippen LogP contribution in [0.3, 0.4) is 0 Å². The second kappa shape index (κ2) is 6.59. The van der Waals surface area contributed by atoms with Gasteiger partial charge in [0, 0.05) is 19.0 Å². The zero-order valence-electron chi connectivity index (χ0n) is 14.3. The molecule has 1 aliphatic rings. The van der Waals surface area contributed by atoms with E-state index in [9.17, 15) is 10.2 Å². The number of benzene rings is 2. The van der Waals surface area contributed by atoms with Gasteiger partial charge in [-0.25, -0.2) is 4.98 Å². The van der Waals surface area contributed by atoms with Crippen LogP contribution >= 0.6 is 0 Å². The average Bonchev–Trinajstić information content (AvgIpc) is 3.19. The molecule has 0 bridgehead atoms. The minimum atomic E-state index is -0.568. The Balaban J connectivity index is 1.59. The molecule has 3 N–H and O–H groups in total. The van der Waals surface area contributed by atoms with Crippen LogP contribution in [0.4, 0.5) is 0 Å². The Kier molecular flexibility index (Phi) is 4.29. The van der Waals surface area contributed by atoms with E-state index in [2.05, 4.69) is 46.1 Å². The number of aryl methyl sites for hydroxylation is 1. The second-order valence-electron chi connectivity index (χ2n) is 6.89. The van der Waals surface area contributed by atoms with Crippen LogP contribution in [-0.2, 0) is 6.54 Å². The Morgan fingerprint density at radius 1 is 1.24 bits per heavy atom. The molecular formula is C20H23N3O2. The number of aromatic amines is 1. The number of hydrogen-bond acceptors (Lipinski definition) is 4. The Morgan fingerprint density at radius 3 is 2.88 bits per heavy atom. The van der Waals surface area contributed by atoms with Gasteiger partial charge in [0.05, 0.1) is 36.1 Å². The average molecular weight is 337 g/mol. The molecule has 1 saturated heterocycles. The lowest BCUT2D eigenvalue weighted by Crippen LogP contribution is -2.38. The largest absolute Gasteiger partial charge is 0.395 e. The summed E-state index contributed by atoms with van der Waals surface area (Å²) >= 11 is 0. The molecule has 0 amide bonds. The molecule has 1 fully saturated rings. The molecular weight excluding hydrogens is 314 g/mol. The second-order valence-corrected chi connectivity index (χ2v) is 6.89. The Hall–Kier alpha value is -2.21. The molecule has 0 spiro atoms. The van der Waals surface area contributed by atoms with Crippen LogP contribution in [-0.4, -0.2) is 50.4 Å². The predicted octanol–water partition coefficient (Wildman–Crippen LogP) is 2.19. The van der Waals surface area contributed by atoms with Crippen LogP contribution in [0, 0.1) is 6.92 Å². The summed E-state index contributed by atoms with van der Waals surface area (Å²) in [5, 5.41) is 20.6. The normalized spacial score (nSPS) is 24.2. The summed E-state index contributed by atoms with van der Waals surface area (Å²) in [5.74, 6) is 0.0224. The van der Waals surface area contributed by atoms with Crippen molar-refractivity contribution in [3.8, 4) is 0 Å². The lowest BCUT2D eigenvalue weighted by molar-refractivity contribution is 0.0641. The molecule has 3 atom stereocenters. The quantitative estimate of drug-likeness (QED) is 0.682. The minimum Gasteiger partial charge on any atom is -0.395 e. The van der Waals surface area contributed by atoms with Crippen molar-refractivity contribution in [2.75, 3.05) is 13.2 Å². The van der Waals surface area contributed by atoms with Gasteiger partial charge in [-0.3, -0.25) is 4.90 Å². The molecule has 2 aromatic carbocycles. The van der Waals surface area contributed by atoms with Gasteiger partial charge in [0.2, 0.25) is 0 Å². The summed E-state index contributed by atoms with van der Waals surface area (Å²) in [6, 6.07) is 14.1. The zero-order valence-corrected chi connectivity index (χ0v) is 14.3. The van der Waals surface area contributed by atoms with Gasteiger partial charge >= 0.3 is 0 Å². The molecule has 4 rings (SSSR count). The topological polar surface area (TPSA) is 72.4 Å². The number of aromatic nitrogens is 2. The van der Waals surface area contributed by atoms with Gasteiger partial charge in [0.15, 0.2) is 0 Å². The highest BCUT2D eigenvalue weighted by molar-refractivity contribution is 5.75. The Bertz CT molecular complexity index is 876. The van der Waals surface area contributed by atoms with E-state index in [1.165, 1.54) is 11.1 Å². The molecule has 2 heterocycles. The molecule has 0 saturated carbocycles. The van der Waals surface area contributed by atoms with Crippen LogP contribution in [0.15, 0.2) is 48.8 Å². The van der Waals surface area contributed by atoms with E-state index in [4.69, 9.17) is 0 Å². The van der Waals surface area contributed by atoms with Crippen molar-refractivity contribution >= 4 is 11.0 Å². The monoisotopic (exact) mass is 337 g/mol. The van der Waals surface area contributed by atoms with Gasteiger partial charge in [-0.15, -0.1) is 0 Å². The van der Waals surface area contributed by atoms with Crippen molar-refractivity contribution in [1.82, 2.24) is 14.9 Å². The molecule has 0 unspecified atom stereocenters. The van der Waals surface area contributed by atoms with Crippen LogP contribution in [0.1, 0.15) is 22.6 Å². The maximum absolute atomic E-state index is 10.8. The van der Waals surface area contributed by atoms with E-state index in [1.54, 1.807) is 6.33 Å². The SMILES string of the molecule is Cc1ccccc1[C@H]1CN(Cc2ccc3nc[nH]c3c2)[C@H](CO)[C@@H]1O. The standard InChI is InChI=1S/C20H23N3O2/c1-13-4-2-3-5-15(13)16-10-23(19(11-24)20(16)25)9-14-6-7-17-18(8-14)22-12-21-17/h2-8,12,16,19-20,24-25H,9-11H2,1H3,(H,21,22)/t16-,19-,20-/m1/s1. The summed E-state index contributed by atoms with van der Waals surface area (Å²) in [6.45, 7) is 3.46. The van der Waals surface area contributed by atoms with E-state index < -0.39 is 6.10 Å². The van der Waals surface area contributed by atoms with E-state index >= 15 is 0 Å². The number of imidazole rings is 1. The molecule has 3 aromatic rings. The molecule has 25 heavy (non-hydrogen) atoms. The molecule has 0 radical (unpaired) electrons. The van der Waals surface area contributed by atoms with Gasteiger partial charge in [-0.05, 0) is 35.7 Å². The van der Waals surface area contributed by atoms with Gasteiger partial charge < -0.3 is 15.2 Å². The summed E-state index contributed by atoms with van der Waals surface area (Å²) in [7, 11) is 0. The lowest BCUT2D eigenvalue weighted by atomic mass is 9.90. The third-order valence-corrected chi connectivity index (χ3v) is 5.35. The number of nitrogens with zero attached hydrogens (tertiary/aromatic N) is 2. The molecule has 130 valence electrons. The van der Waals surface area contributed by atoms with E-state index in [0.29, 0.717) is 6.54 Å². The number of aliphatic hydroxyl groups excluding tert-OH is 2. The van der Waals surface area contributed by atoms with E-state index in [-0.39, 0.29) is 18.6 Å². The van der Waals surface area contributed by atoms with Gasteiger partial charge in [-0.2, -0.15) is 0 Å². The highest BCUT2D eigenvalue weighted by Crippen LogP contribution is 2.34. The lowest BCUT2D eigenvalue weighted by Gasteiger charge is -2.24. The van der Waals surface area contributed by atoms with Crippen molar-refractivity contribution < 1.29 is 10.2 Å². The van der Waals surface area contributed by atoms with E-state index in [0.717, 1.165) is 23.1 Å². The number of fused-ring (bicyclic) bond motifs is 1. The highest BCUT2D eigenvalue weighted by atomic mass is 16.3. The van der Waals surface area contributed by atoms with Crippen molar-refractivity contribution in [2.45, 2.75) is 31.5 Å². The first-order valence-electron chi connectivity index (χ1n) is 8.68. The van der Waals surface area contributed by atoms with Crippen molar-refractivity contribution in [3.63, 3.8) is 0 Å². The van der Waals surface area contributed by atoms with Crippen molar-refractivity contribution in [3.05, 3.63) is 65.5 Å². The molecule has 1 aromatic heterocycles. The zero-order chi connectivity index (χ0) is 17.4. The molecule has 0 aliphatic carbocycles. The number of nitrogens with one attached hydrogen (secondary N) is 1. The fourth-order valence-electron chi connectivity index (χ4n) is 3.99. The van der Waals surface area contributed by atoms with Crippen molar-refractivity contribution in [1.29, 1.82) is 0 Å². The van der Waals surface area contributed by atoms with Crippen molar-refractivity contribution in [2.24, 2.45) is 0 Å². The molecule has 1 aliphatic heterocycles. The number of likely N-dealkylation sites (tertiary alicyclic amines) is 1. The number of rotatable bonds is 4. The molecule has 5 heteroatoms. The van der Waals surface area contributed by atoms with Crippen LogP contribution < -0.4 is 0 Å². The maximum Gasteiger partial charge on any atom is 0.0931 e. The van der Waals surface area contributed by atoms with Gasteiger partial charge in [0.1, 0.15) is 0 Å². The summed E-state index contributed by atoms with van der Waals surface area (Å²) in [5.41, 5.74) is 5.45. The number of H-pyrrole nitrogens is 1. The van der Waals surface area contributed by atoms with Crippen LogP contribution in [0.25, 0.3) is 11.0 Å². The fraction of sp³-hybridized carbons (Fsp3) is 0.350. The third kappa shape index (κ3) is 2.95. The summed E-state index contributed by atoms with van der Waals surface area (Å²) < 4.78 is 0. The van der Waals surface area contributed by atoms with Gasteiger partial charge in [0.25, 0.3) is 0 Å². The first-order valence-corrected chi connectivity index (χ1v) is 8.68. The first-order chi connectivity index (χ1) is 12.2. The summed E-state index contributed by atoms with van der Waals surface area (Å²) in [6.07, 6.45) is 1.13. The van der Waals surface area contributed by atoms with Crippen LogP contribution in [0.5, 0.6) is 0 Å². The highest BCUT2D eigenvalue weighted by Gasteiger charge is 2.41. The summed E-state index contributed by atoms with van der Waals surface area (Å²) in [4.78, 5) is 9.56. The Morgan fingerprint density at radius 2 is 2.08 bits per heavy atom. The first kappa shape index (κ1) is 16.3. The fourth-order valence-corrected chi connectivity index (χ4v) is 3.99. The maximum atomic E-state index is 10.8. The predicted molar refractivity (Wildman–Crippen MR) is 97.3 cm³/mol. The number of hydrogen-bond donors (Lipinski definition) is 3. The Labute approximate surface area is 146 Å². The third-order valence-electron chi connectivity index (χ3n) is 5.35. The minimum absolute atomic E-state index is 0.0224.